The van der Waals surface area contributed by atoms with Gasteiger partial charge in [-0.25, -0.2) is 4.98 Å². The van der Waals surface area contributed by atoms with Crippen LogP contribution in [-0.2, 0) is 12.0 Å². The average Bonchev–Trinajstić information content (AvgIpc) is 3.29. The molecule has 0 saturated heterocycles. The second-order valence-corrected chi connectivity index (χ2v) is 10.1. The lowest BCUT2D eigenvalue weighted by Crippen LogP contribution is -2.23. The lowest BCUT2D eigenvalue weighted by Gasteiger charge is -2.27. The van der Waals surface area contributed by atoms with Crippen LogP contribution >= 0.6 is 34.2 Å². The lowest BCUT2D eigenvalue weighted by molar-refractivity contribution is 0.0924. The summed E-state index contributed by atoms with van der Waals surface area (Å²) in [5.74, 6) is 2.53. The van der Waals surface area contributed by atoms with Gasteiger partial charge in [-0.2, -0.15) is 0 Å². The summed E-state index contributed by atoms with van der Waals surface area (Å²) in [6, 6.07) is 14.4. The summed E-state index contributed by atoms with van der Waals surface area (Å²) in [7, 11) is 0. The summed E-state index contributed by atoms with van der Waals surface area (Å²) in [6.45, 7) is 7.78. The number of aliphatic hydroxyl groups is 1. The fourth-order valence-electron chi connectivity index (χ4n) is 3.30. The van der Waals surface area contributed by atoms with Gasteiger partial charge in [0.1, 0.15) is 24.2 Å². The molecule has 0 aliphatic rings. The molecule has 0 fully saturated rings. The summed E-state index contributed by atoms with van der Waals surface area (Å²) in [6.07, 6.45) is 4.59. The van der Waals surface area contributed by atoms with E-state index in [-0.39, 0.29) is 12.0 Å². The van der Waals surface area contributed by atoms with Gasteiger partial charge in [0.2, 0.25) is 0 Å². The molecular weight excluding hydrogens is 539 g/mol. The van der Waals surface area contributed by atoms with Crippen molar-refractivity contribution in [1.82, 2.24) is 9.55 Å². The molecule has 3 rings (SSSR count). The zero-order valence-electron chi connectivity index (χ0n) is 18.7. The van der Waals surface area contributed by atoms with Crippen LogP contribution in [0.4, 0.5) is 0 Å². The summed E-state index contributed by atoms with van der Waals surface area (Å²) < 4.78 is 14.6. The zero-order valence-corrected chi connectivity index (χ0v) is 21.6. The van der Waals surface area contributed by atoms with Crippen molar-refractivity contribution in [3.05, 3.63) is 75.9 Å². The van der Waals surface area contributed by atoms with Gasteiger partial charge in [0.05, 0.1) is 23.0 Å². The van der Waals surface area contributed by atoms with Crippen molar-refractivity contribution in [2.45, 2.75) is 38.8 Å². The Morgan fingerprint density at radius 3 is 2.44 bits per heavy atom. The van der Waals surface area contributed by atoms with Gasteiger partial charge in [-0.15, -0.1) is 11.6 Å². The van der Waals surface area contributed by atoms with Crippen LogP contribution in [0.5, 0.6) is 11.5 Å². The number of aromatic nitrogens is 2. The number of nitrogens with zero attached hydrogens (tertiary/aromatic N) is 2. The zero-order chi connectivity index (χ0) is 23.1. The molecule has 1 heterocycles. The van der Waals surface area contributed by atoms with Crippen molar-refractivity contribution in [1.29, 1.82) is 0 Å². The van der Waals surface area contributed by atoms with E-state index in [9.17, 15) is 5.11 Å². The summed E-state index contributed by atoms with van der Waals surface area (Å²) in [5.41, 5.74) is 2.22. The number of rotatable bonds is 11. The molecule has 32 heavy (non-hydrogen) atoms. The molecule has 2 atom stereocenters. The highest BCUT2D eigenvalue weighted by atomic mass is 127. The van der Waals surface area contributed by atoms with Crippen LogP contribution in [0.3, 0.4) is 0 Å². The molecule has 1 aromatic heterocycles. The molecule has 0 aliphatic carbocycles. The standard InChI is InChI=1S/C25H30ClIN2O3/c1-18(13-26)15-32-24-9-6-20(12-23(24)27)25(2,3)19-4-7-22(8-5-19)31-16-21(30)14-29-11-10-28-17-29/h4-12,17-18,21,30H,13-16H2,1-3H3/t18-,21+/m1/s1. The Hall–Kier alpha value is -1.77. The first-order valence-electron chi connectivity index (χ1n) is 10.7. The van der Waals surface area contributed by atoms with E-state index in [0.29, 0.717) is 24.9 Å². The Kier molecular flexibility index (Phi) is 8.85. The van der Waals surface area contributed by atoms with E-state index in [1.54, 1.807) is 12.5 Å². The Morgan fingerprint density at radius 1 is 1.09 bits per heavy atom. The number of hydrogen-bond donors (Lipinski definition) is 1. The number of alkyl halides is 1. The van der Waals surface area contributed by atoms with Crippen molar-refractivity contribution in [3.8, 4) is 11.5 Å². The first-order valence-corrected chi connectivity index (χ1v) is 12.3. The first-order chi connectivity index (χ1) is 15.3. The maximum Gasteiger partial charge on any atom is 0.132 e. The molecule has 0 spiro atoms. The minimum absolute atomic E-state index is 0.179. The Balaban J connectivity index is 1.62. The topological polar surface area (TPSA) is 56.5 Å². The van der Waals surface area contributed by atoms with E-state index in [1.807, 2.05) is 29.0 Å². The Morgan fingerprint density at radius 2 is 1.81 bits per heavy atom. The molecular formula is C25H30ClIN2O3. The van der Waals surface area contributed by atoms with Crippen molar-refractivity contribution < 1.29 is 14.6 Å². The van der Waals surface area contributed by atoms with Gasteiger partial charge >= 0.3 is 0 Å². The fourth-order valence-corrected chi connectivity index (χ4v) is 4.06. The molecule has 3 aromatic rings. The molecule has 0 amide bonds. The average molecular weight is 569 g/mol. The third kappa shape index (κ3) is 6.62. The third-order valence-corrected chi connectivity index (χ3v) is 6.81. The summed E-state index contributed by atoms with van der Waals surface area (Å²) in [4.78, 5) is 3.98. The third-order valence-electron chi connectivity index (χ3n) is 5.44. The van der Waals surface area contributed by atoms with Crippen LogP contribution in [0, 0.1) is 9.49 Å². The van der Waals surface area contributed by atoms with Crippen molar-refractivity contribution in [2.24, 2.45) is 5.92 Å². The van der Waals surface area contributed by atoms with E-state index in [0.717, 1.165) is 15.1 Å². The molecule has 0 aliphatic heterocycles. The van der Waals surface area contributed by atoms with Crippen molar-refractivity contribution >= 4 is 34.2 Å². The molecule has 0 radical (unpaired) electrons. The van der Waals surface area contributed by atoms with E-state index in [4.69, 9.17) is 21.1 Å². The molecule has 1 N–H and O–H groups in total. The molecule has 7 heteroatoms. The maximum absolute atomic E-state index is 10.2. The molecule has 0 unspecified atom stereocenters. The van der Waals surface area contributed by atoms with E-state index in [1.165, 1.54) is 11.1 Å². The second kappa shape index (κ2) is 11.4. The number of halogens is 2. The Labute approximate surface area is 208 Å². The molecule has 0 saturated carbocycles. The number of hydrogen-bond acceptors (Lipinski definition) is 4. The first kappa shape index (κ1) is 24.9. The maximum atomic E-state index is 10.2. The van der Waals surface area contributed by atoms with Crippen molar-refractivity contribution in [3.63, 3.8) is 0 Å². The van der Waals surface area contributed by atoms with Gasteiger partial charge in [-0.3, -0.25) is 0 Å². The monoisotopic (exact) mass is 568 g/mol. The highest BCUT2D eigenvalue weighted by Crippen LogP contribution is 2.35. The molecule has 0 bridgehead atoms. The minimum atomic E-state index is -0.601. The van der Waals surface area contributed by atoms with E-state index in [2.05, 4.69) is 72.6 Å². The SMILES string of the molecule is C[C@H](CCl)COc1ccc(C(C)(C)c2ccc(OC[C@@H](O)Cn3ccnc3)cc2)cc1I. The fraction of sp³-hybridized carbons (Fsp3) is 0.400. The smallest absolute Gasteiger partial charge is 0.132 e. The van der Waals surface area contributed by atoms with Gasteiger partial charge in [-0.1, -0.05) is 39.0 Å². The molecule has 172 valence electrons. The predicted octanol–water partition coefficient (Wildman–Crippen LogP) is 5.51. The normalized spacial score (nSPS) is 13.6. The van der Waals surface area contributed by atoms with Gasteiger partial charge < -0.3 is 19.1 Å². The molecule has 2 aromatic carbocycles. The Bertz CT molecular complexity index is 977. The summed E-state index contributed by atoms with van der Waals surface area (Å²) >= 11 is 8.21. The van der Waals surface area contributed by atoms with Gasteiger partial charge in [0, 0.05) is 29.6 Å². The van der Waals surface area contributed by atoms with Crippen LogP contribution in [-0.4, -0.2) is 39.9 Å². The van der Waals surface area contributed by atoms with Crippen LogP contribution in [0.2, 0.25) is 0 Å². The van der Waals surface area contributed by atoms with E-state index < -0.39 is 6.10 Å². The number of imidazole rings is 1. The second-order valence-electron chi connectivity index (χ2n) is 8.59. The number of benzene rings is 2. The van der Waals surface area contributed by atoms with Crippen LogP contribution in [0.1, 0.15) is 31.9 Å². The number of aliphatic hydroxyl groups excluding tert-OH is 1. The lowest BCUT2D eigenvalue weighted by atomic mass is 9.78. The molecule has 5 nitrogen and oxygen atoms in total. The van der Waals surface area contributed by atoms with E-state index >= 15 is 0 Å². The van der Waals surface area contributed by atoms with Crippen LogP contribution in [0.15, 0.2) is 61.2 Å². The van der Waals surface area contributed by atoms with Gasteiger partial charge in [0.25, 0.3) is 0 Å². The largest absolute Gasteiger partial charge is 0.492 e. The minimum Gasteiger partial charge on any atom is -0.492 e. The number of ether oxygens (including phenoxy) is 2. The van der Waals surface area contributed by atoms with Crippen LogP contribution in [0.25, 0.3) is 0 Å². The van der Waals surface area contributed by atoms with Gasteiger partial charge in [0.15, 0.2) is 0 Å². The van der Waals surface area contributed by atoms with Crippen molar-refractivity contribution in [2.75, 3.05) is 19.1 Å². The van der Waals surface area contributed by atoms with Crippen LogP contribution < -0.4 is 9.47 Å². The predicted molar refractivity (Wildman–Crippen MR) is 137 cm³/mol. The quantitative estimate of drug-likeness (QED) is 0.245. The summed E-state index contributed by atoms with van der Waals surface area (Å²) in [5, 5.41) is 10.2. The highest BCUT2D eigenvalue weighted by molar-refractivity contribution is 14.1. The highest BCUT2D eigenvalue weighted by Gasteiger charge is 2.24. The van der Waals surface area contributed by atoms with Gasteiger partial charge in [-0.05, 0) is 58.0 Å².